The first kappa shape index (κ1) is 22.7. The Hall–Kier alpha value is -2.53. The molecule has 2 aliphatic rings. The minimum absolute atomic E-state index is 0.146. The van der Waals surface area contributed by atoms with E-state index in [9.17, 15) is 9.90 Å². The van der Waals surface area contributed by atoms with E-state index in [4.69, 9.17) is 4.74 Å². The summed E-state index contributed by atoms with van der Waals surface area (Å²) in [5, 5.41) is 9.32. The molecule has 0 bridgehead atoms. The van der Waals surface area contributed by atoms with Crippen molar-refractivity contribution in [1.82, 2.24) is 9.80 Å². The summed E-state index contributed by atoms with van der Waals surface area (Å²) in [5.74, 6) is 1.78. The van der Waals surface area contributed by atoms with Gasteiger partial charge in [-0.25, -0.2) is 0 Å². The lowest BCUT2D eigenvalue weighted by Gasteiger charge is -2.38. The summed E-state index contributed by atoms with van der Waals surface area (Å²) in [6, 6.07) is 16.3. The maximum absolute atomic E-state index is 12.6. The van der Waals surface area contributed by atoms with E-state index in [1.54, 1.807) is 24.3 Å². The maximum Gasteiger partial charge on any atom is 0.226 e. The van der Waals surface area contributed by atoms with Gasteiger partial charge in [-0.15, -0.1) is 0 Å². The van der Waals surface area contributed by atoms with Crippen LogP contribution in [0.25, 0.3) is 0 Å². The molecule has 172 valence electrons. The summed E-state index contributed by atoms with van der Waals surface area (Å²) >= 11 is 0. The van der Waals surface area contributed by atoms with Crippen molar-refractivity contribution in [3.05, 3.63) is 59.7 Å². The molecule has 1 unspecified atom stereocenters. The normalized spacial score (nSPS) is 19.0. The van der Waals surface area contributed by atoms with Gasteiger partial charge in [0, 0.05) is 32.2 Å². The van der Waals surface area contributed by atoms with Crippen molar-refractivity contribution in [2.24, 2.45) is 0 Å². The first-order chi connectivity index (χ1) is 15.6. The Morgan fingerprint density at radius 3 is 2.28 bits per heavy atom. The Morgan fingerprint density at radius 2 is 1.62 bits per heavy atom. The number of phenols is 1. The molecule has 0 spiro atoms. The van der Waals surface area contributed by atoms with Crippen LogP contribution in [0, 0.1) is 0 Å². The Kier molecular flexibility index (Phi) is 7.69. The highest BCUT2D eigenvalue weighted by molar-refractivity contribution is 5.76. The van der Waals surface area contributed by atoms with E-state index < -0.39 is 0 Å². The molecule has 1 amide bonds. The third-order valence-corrected chi connectivity index (χ3v) is 7.13. The molecule has 1 aliphatic carbocycles. The molecule has 1 atom stereocenters. The lowest BCUT2D eigenvalue weighted by molar-refractivity contribution is -0.133. The number of ether oxygens (including phenoxy) is 1. The van der Waals surface area contributed by atoms with Crippen molar-refractivity contribution >= 4 is 5.91 Å². The summed E-state index contributed by atoms with van der Waals surface area (Å²) in [7, 11) is 0. The summed E-state index contributed by atoms with van der Waals surface area (Å²) in [4.78, 5) is 17.0. The summed E-state index contributed by atoms with van der Waals surface area (Å²) < 4.78 is 5.62. The van der Waals surface area contributed by atoms with Crippen molar-refractivity contribution in [2.75, 3.05) is 32.8 Å². The Bertz CT molecular complexity index is 851. The van der Waals surface area contributed by atoms with E-state index in [1.165, 1.54) is 43.2 Å². The van der Waals surface area contributed by atoms with Gasteiger partial charge in [0.05, 0.1) is 13.0 Å². The number of piperazine rings is 1. The van der Waals surface area contributed by atoms with Gasteiger partial charge < -0.3 is 14.7 Å². The second kappa shape index (κ2) is 10.9. The quantitative estimate of drug-likeness (QED) is 0.655. The number of carbonyl (C=O) groups is 1. The zero-order valence-electron chi connectivity index (χ0n) is 19.2. The third-order valence-electron chi connectivity index (χ3n) is 7.13. The molecular weight excluding hydrogens is 400 g/mol. The highest BCUT2D eigenvalue weighted by Gasteiger charge is 2.25. The number of hydrogen-bond donors (Lipinski definition) is 1. The van der Waals surface area contributed by atoms with Crippen LogP contribution in [0.1, 0.15) is 68.5 Å². The molecule has 0 radical (unpaired) electrons. The van der Waals surface area contributed by atoms with Crippen molar-refractivity contribution in [3.63, 3.8) is 0 Å². The lowest BCUT2D eigenvalue weighted by Crippen LogP contribution is -2.49. The lowest BCUT2D eigenvalue weighted by atomic mass is 9.83. The van der Waals surface area contributed by atoms with E-state index in [-0.39, 0.29) is 11.7 Å². The fourth-order valence-corrected chi connectivity index (χ4v) is 5.01. The molecule has 2 fully saturated rings. The molecule has 32 heavy (non-hydrogen) atoms. The second-order valence-corrected chi connectivity index (χ2v) is 9.19. The Labute approximate surface area is 192 Å². The molecule has 1 aliphatic heterocycles. The van der Waals surface area contributed by atoms with Gasteiger partial charge in [0.15, 0.2) is 0 Å². The summed E-state index contributed by atoms with van der Waals surface area (Å²) in [5.41, 5.74) is 2.87. The molecule has 2 aromatic carbocycles. The number of aromatic hydroxyl groups is 1. The molecule has 1 N–H and O–H groups in total. The number of carbonyl (C=O) groups excluding carboxylic acids is 1. The van der Waals surface area contributed by atoms with Crippen LogP contribution in [0.5, 0.6) is 11.5 Å². The molecular formula is C27H36N2O3. The van der Waals surface area contributed by atoms with Crippen molar-refractivity contribution in [2.45, 2.75) is 57.4 Å². The smallest absolute Gasteiger partial charge is 0.226 e. The van der Waals surface area contributed by atoms with Crippen molar-refractivity contribution < 1.29 is 14.6 Å². The van der Waals surface area contributed by atoms with E-state index in [1.807, 2.05) is 4.90 Å². The number of amides is 1. The number of nitrogens with zero attached hydrogens (tertiary/aromatic N) is 2. The molecule has 4 rings (SSSR count). The predicted octanol–water partition coefficient (Wildman–Crippen LogP) is 5.11. The van der Waals surface area contributed by atoms with Crippen LogP contribution < -0.4 is 4.74 Å². The number of phenolic OH excluding ortho intramolecular Hbond substituents is 1. The predicted molar refractivity (Wildman–Crippen MR) is 127 cm³/mol. The average Bonchev–Trinajstić information content (AvgIpc) is 2.85. The Morgan fingerprint density at radius 1 is 0.969 bits per heavy atom. The van der Waals surface area contributed by atoms with E-state index in [2.05, 4.69) is 36.1 Å². The molecule has 5 nitrogen and oxygen atoms in total. The highest BCUT2D eigenvalue weighted by atomic mass is 16.5. The van der Waals surface area contributed by atoms with Crippen LogP contribution in [-0.2, 0) is 4.79 Å². The van der Waals surface area contributed by atoms with Gasteiger partial charge >= 0.3 is 0 Å². The van der Waals surface area contributed by atoms with Crippen LogP contribution in [0.2, 0.25) is 0 Å². The SMILES string of the molecule is CC(c1ccc(C2CCCCC2)cc1)N1CCN(C(=O)CCOc2ccc(O)cc2)CC1. The molecule has 0 aromatic heterocycles. The molecule has 5 heteroatoms. The third kappa shape index (κ3) is 5.83. The topological polar surface area (TPSA) is 53.0 Å². The monoisotopic (exact) mass is 436 g/mol. The number of benzene rings is 2. The largest absolute Gasteiger partial charge is 0.508 e. The summed E-state index contributed by atoms with van der Waals surface area (Å²) in [6.07, 6.45) is 7.18. The molecule has 1 heterocycles. The van der Waals surface area contributed by atoms with E-state index in [0.717, 1.165) is 32.1 Å². The Balaban J connectivity index is 1.21. The maximum atomic E-state index is 12.6. The zero-order valence-corrected chi connectivity index (χ0v) is 19.2. The minimum atomic E-state index is 0.146. The van der Waals surface area contributed by atoms with Gasteiger partial charge in [-0.1, -0.05) is 43.5 Å². The van der Waals surface area contributed by atoms with Crippen LogP contribution in [0.4, 0.5) is 0 Å². The highest BCUT2D eigenvalue weighted by Crippen LogP contribution is 2.33. The van der Waals surface area contributed by atoms with E-state index >= 15 is 0 Å². The standard InChI is InChI=1S/C27H36N2O3/c1-21(22-7-9-24(10-8-22)23-5-3-2-4-6-23)28-16-18-29(19-17-28)27(31)15-20-32-26-13-11-25(30)12-14-26/h7-14,21,23,30H,2-6,15-20H2,1H3. The fourth-order valence-electron chi connectivity index (χ4n) is 5.01. The van der Waals surface area contributed by atoms with E-state index in [0.29, 0.717) is 24.8 Å². The van der Waals surface area contributed by atoms with Crippen LogP contribution in [0.15, 0.2) is 48.5 Å². The number of rotatable bonds is 7. The average molecular weight is 437 g/mol. The van der Waals surface area contributed by atoms with Crippen molar-refractivity contribution in [1.29, 1.82) is 0 Å². The van der Waals surface area contributed by atoms with Gasteiger partial charge in [0.2, 0.25) is 5.91 Å². The van der Waals surface area contributed by atoms with Crippen molar-refractivity contribution in [3.8, 4) is 11.5 Å². The molecule has 1 saturated heterocycles. The first-order valence-corrected chi connectivity index (χ1v) is 12.1. The first-order valence-electron chi connectivity index (χ1n) is 12.1. The van der Waals surface area contributed by atoms with Crippen LogP contribution in [-0.4, -0.2) is 53.6 Å². The van der Waals surface area contributed by atoms with Gasteiger partial charge in [-0.3, -0.25) is 9.69 Å². The fraction of sp³-hybridized carbons (Fsp3) is 0.519. The second-order valence-electron chi connectivity index (χ2n) is 9.19. The minimum Gasteiger partial charge on any atom is -0.508 e. The van der Waals surface area contributed by atoms with Gasteiger partial charge in [-0.05, 0) is 61.1 Å². The van der Waals surface area contributed by atoms with Gasteiger partial charge in [0.25, 0.3) is 0 Å². The van der Waals surface area contributed by atoms with Gasteiger partial charge in [-0.2, -0.15) is 0 Å². The zero-order chi connectivity index (χ0) is 22.3. The molecule has 1 saturated carbocycles. The van der Waals surface area contributed by atoms with Crippen LogP contribution in [0.3, 0.4) is 0 Å². The summed E-state index contributed by atoms with van der Waals surface area (Å²) in [6.45, 7) is 5.96. The van der Waals surface area contributed by atoms with Gasteiger partial charge in [0.1, 0.15) is 11.5 Å². The van der Waals surface area contributed by atoms with Crippen LogP contribution >= 0.6 is 0 Å². The molecule has 2 aromatic rings. The number of hydrogen-bond acceptors (Lipinski definition) is 4.